The Balaban J connectivity index is 1.59. The first-order valence-electron chi connectivity index (χ1n) is 15.7. The molecule has 5 rings (SSSR count). The minimum absolute atomic E-state index is 0.0154. The topological polar surface area (TPSA) is 162 Å². The molecule has 0 unspecified atom stereocenters. The van der Waals surface area contributed by atoms with E-state index in [4.69, 9.17) is 10.5 Å². The van der Waals surface area contributed by atoms with Crippen molar-refractivity contribution >= 4 is 32.8 Å². The fourth-order valence-corrected chi connectivity index (χ4v) is 7.17. The number of aromatic nitrogens is 3. The van der Waals surface area contributed by atoms with Gasteiger partial charge in [0.25, 0.3) is 5.91 Å². The molecule has 1 fully saturated rings. The van der Waals surface area contributed by atoms with Gasteiger partial charge in [-0.1, -0.05) is 53.3 Å². The lowest BCUT2D eigenvalue weighted by molar-refractivity contribution is -0.141. The number of hydrogen-bond donors (Lipinski definition) is 5. The van der Waals surface area contributed by atoms with Crippen LogP contribution in [-0.2, 0) is 21.0 Å². The van der Waals surface area contributed by atoms with Gasteiger partial charge in [0.05, 0.1) is 16.9 Å². The summed E-state index contributed by atoms with van der Waals surface area (Å²) < 4.78 is 75.5. The molecule has 50 heavy (non-hydrogen) atoms. The van der Waals surface area contributed by atoms with E-state index >= 15 is 4.39 Å². The summed E-state index contributed by atoms with van der Waals surface area (Å²) >= 11 is 0. The summed E-state index contributed by atoms with van der Waals surface area (Å²) in [6.07, 6.45) is 3.34. The van der Waals surface area contributed by atoms with Crippen molar-refractivity contribution in [3.05, 3.63) is 107 Å². The number of halogens is 4. The van der Waals surface area contributed by atoms with Gasteiger partial charge in [-0.05, 0) is 60.2 Å². The van der Waals surface area contributed by atoms with Gasteiger partial charge in [-0.2, -0.15) is 18.3 Å². The number of pyridine rings is 1. The molecule has 2 aromatic carbocycles. The highest BCUT2D eigenvalue weighted by Crippen LogP contribution is 2.44. The molecule has 266 valence electrons. The molecule has 1 saturated carbocycles. The van der Waals surface area contributed by atoms with E-state index in [1.807, 2.05) is 11.4 Å². The van der Waals surface area contributed by atoms with E-state index < -0.39 is 56.0 Å². The Labute approximate surface area is 285 Å². The van der Waals surface area contributed by atoms with E-state index in [1.54, 1.807) is 37.9 Å². The van der Waals surface area contributed by atoms with Gasteiger partial charge in [0.15, 0.2) is 5.69 Å². The van der Waals surface area contributed by atoms with Crippen molar-refractivity contribution < 1.29 is 36.5 Å². The largest absolute Gasteiger partial charge is 0.465 e. The number of alkyl halides is 3. The molecule has 4 aromatic rings. The highest BCUT2D eigenvalue weighted by Gasteiger charge is 2.43. The molecule has 0 saturated heterocycles. The lowest BCUT2D eigenvalue weighted by Crippen LogP contribution is -2.58. The van der Waals surface area contributed by atoms with Crippen LogP contribution in [-0.4, -0.2) is 60.2 Å². The van der Waals surface area contributed by atoms with E-state index in [0.717, 1.165) is 25.3 Å². The predicted octanol–water partition coefficient (Wildman–Crippen LogP) is 6.31. The number of nitrogens with one attached hydrogen (secondary N) is 4. The Hall–Kier alpha value is -4.96. The average Bonchev–Trinajstić information content (AvgIpc) is 3.77. The molecule has 5 N–H and O–H groups in total. The van der Waals surface area contributed by atoms with Crippen LogP contribution in [0.3, 0.4) is 0 Å². The summed E-state index contributed by atoms with van der Waals surface area (Å²) in [5.74, 6) is -1.82. The van der Waals surface area contributed by atoms with Gasteiger partial charge in [0, 0.05) is 42.3 Å². The van der Waals surface area contributed by atoms with Crippen molar-refractivity contribution in [3.8, 4) is 5.69 Å². The van der Waals surface area contributed by atoms with E-state index in [2.05, 4.69) is 20.1 Å². The molecule has 1 aliphatic rings. The molecule has 2 amide bonds. The highest BCUT2D eigenvalue weighted by atomic mass is 32.3. The zero-order chi connectivity index (χ0) is 36.5. The molecule has 16 heteroatoms. The summed E-state index contributed by atoms with van der Waals surface area (Å²) in [7, 11) is -3.51. The third-order valence-electron chi connectivity index (χ3n) is 8.66. The van der Waals surface area contributed by atoms with Gasteiger partial charge in [-0.25, -0.2) is 18.6 Å². The van der Waals surface area contributed by atoms with E-state index in [9.17, 15) is 27.0 Å². The Morgan fingerprint density at radius 3 is 2.42 bits per heavy atom. The van der Waals surface area contributed by atoms with Gasteiger partial charge in [0.1, 0.15) is 17.3 Å². The molecule has 0 spiro atoms. The first-order valence-corrected chi connectivity index (χ1v) is 18.6. The number of amidine groups is 1. The number of rotatable bonds is 12. The lowest BCUT2D eigenvalue weighted by Gasteiger charge is -2.46. The summed E-state index contributed by atoms with van der Waals surface area (Å²) in [6, 6.07) is 13.3. The number of carbonyl (C=O) groups excluding carboxylic acids is 1. The summed E-state index contributed by atoms with van der Waals surface area (Å²) in [4.78, 5) is 29.1. The maximum atomic E-state index is 15.5. The minimum atomic E-state index is -4.96. The van der Waals surface area contributed by atoms with Crippen LogP contribution in [0.1, 0.15) is 65.5 Å². The monoisotopic (exact) mass is 715 g/mol. The van der Waals surface area contributed by atoms with Crippen LogP contribution in [0, 0.1) is 17.1 Å². The van der Waals surface area contributed by atoms with Crippen molar-refractivity contribution in [2.24, 2.45) is 5.92 Å². The standard InChI is InChI=1S/C34H37F4N7O4S/c1-4-50(2,3,49)44-33(15-14-21-10-11-21,24-8-6-16-40-20-24)23-12-13-26(35)27(18-23)41-31(46)28-19-29(34(36,37)38)43-45(28)25-9-5-7-22(17-25)30(39)42-32(47)48/h5-9,12-13,16-21H,4,10-11,14-15H2,1-3H3,(H2,39,42)(H,41,46)(H,44,49)(H,47,48)/t33-/m1/s1. The number of amides is 2. The Morgan fingerprint density at radius 2 is 1.80 bits per heavy atom. The second-order valence-electron chi connectivity index (χ2n) is 12.9. The van der Waals surface area contributed by atoms with Crippen LogP contribution < -0.4 is 15.4 Å². The highest BCUT2D eigenvalue weighted by molar-refractivity contribution is 8.17. The van der Waals surface area contributed by atoms with Gasteiger partial charge in [-0.3, -0.25) is 24.7 Å². The Kier molecular flexibility index (Phi) is 9.73. The minimum Gasteiger partial charge on any atom is -0.465 e. The Bertz CT molecular complexity index is 2010. The molecular formula is C34H37F4N7O4S. The van der Waals surface area contributed by atoms with Crippen molar-refractivity contribution in [2.75, 3.05) is 23.6 Å². The zero-order valence-corrected chi connectivity index (χ0v) is 28.3. The van der Waals surface area contributed by atoms with E-state index in [1.165, 1.54) is 36.4 Å². The molecule has 1 atom stereocenters. The second kappa shape index (κ2) is 13.4. The number of anilines is 1. The maximum absolute atomic E-state index is 15.5. The van der Waals surface area contributed by atoms with Gasteiger partial charge >= 0.3 is 12.3 Å². The molecule has 2 aromatic heterocycles. The summed E-state index contributed by atoms with van der Waals surface area (Å²) in [6.45, 7) is 1.80. The predicted molar refractivity (Wildman–Crippen MR) is 182 cm³/mol. The molecular weight excluding hydrogens is 678 g/mol. The third kappa shape index (κ3) is 8.25. The molecule has 11 nitrogen and oxygen atoms in total. The molecule has 0 bridgehead atoms. The number of carbonyl (C=O) groups is 2. The number of carboxylic acid groups (broad SMARTS) is 1. The number of hydrogen-bond acceptors (Lipinski definition) is 6. The quantitative estimate of drug-likeness (QED) is 0.0657. The molecule has 2 heterocycles. The van der Waals surface area contributed by atoms with Gasteiger partial charge in [-0.15, -0.1) is 0 Å². The first-order chi connectivity index (χ1) is 23.4. The number of benzene rings is 2. The van der Waals surface area contributed by atoms with E-state index in [-0.39, 0.29) is 22.7 Å². The average molecular weight is 716 g/mol. The normalized spacial score (nSPS) is 15.4. The van der Waals surface area contributed by atoms with Gasteiger partial charge in [0.2, 0.25) is 0 Å². The molecule has 1 aliphatic carbocycles. The Morgan fingerprint density at radius 1 is 1.06 bits per heavy atom. The van der Waals surface area contributed by atoms with Crippen LogP contribution in [0.2, 0.25) is 0 Å². The summed E-state index contributed by atoms with van der Waals surface area (Å²) in [5, 5.41) is 24.8. The fourth-order valence-electron chi connectivity index (χ4n) is 5.60. The number of nitrogens with zero attached hydrogens (tertiary/aromatic N) is 3. The molecule has 0 aliphatic heterocycles. The fraction of sp³-hybridized carbons (Fsp3) is 0.324. The van der Waals surface area contributed by atoms with Crippen LogP contribution in [0.5, 0.6) is 0 Å². The van der Waals surface area contributed by atoms with Crippen LogP contribution >= 0.6 is 0 Å². The van der Waals surface area contributed by atoms with Crippen LogP contribution in [0.4, 0.5) is 28.0 Å². The zero-order valence-electron chi connectivity index (χ0n) is 27.5. The SMILES string of the molecule is CCS(C)(C)(=O)N[C@@](CCC1CC1)(c1cccnc1)c1ccc(F)c(NC(=O)c2cc(C(F)(F)F)nn2-c2cccc(C(=N)NC(=O)O)c2)c1. The van der Waals surface area contributed by atoms with Crippen molar-refractivity contribution in [3.63, 3.8) is 0 Å². The van der Waals surface area contributed by atoms with Gasteiger partial charge < -0.3 is 10.4 Å². The smallest absolute Gasteiger partial charge is 0.435 e. The molecule has 0 radical (unpaired) electrons. The van der Waals surface area contributed by atoms with Crippen molar-refractivity contribution in [2.45, 2.75) is 44.3 Å². The lowest BCUT2D eigenvalue weighted by atomic mass is 9.80. The second-order valence-corrected chi connectivity index (χ2v) is 17.8. The van der Waals surface area contributed by atoms with E-state index in [0.29, 0.717) is 34.2 Å². The van der Waals surface area contributed by atoms with Crippen molar-refractivity contribution in [1.82, 2.24) is 24.8 Å². The maximum Gasteiger partial charge on any atom is 0.435 e. The first kappa shape index (κ1) is 36.3. The van der Waals surface area contributed by atoms with Crippen molar-refractivity contribution in [1.29, 1.82) is 5.41 Å². The van der Waals surface area contributed by atoms with Crippen LogP contribution in [0.15, 0.2) is 73.1 Å². The van der Waals surface area contributed by atoms with Crippen LogP contribution in [0.25, 0.3) is 5.69 Å². The third-order valence-corrected chi connectivity index (χ3v) is 11.3. The summed E-state index contributed by atoms with van der Waals surface area (Å²) in [5.41, 5.74) is -2.50.